The number of halogens is 2. The minimum atomic E-state index is -2.31. The first-order chi connectivity index (χ1) is 2.27. The summed E-state index contributed by atoms with van der Waals surface area (Å²) in [6.45, 7) is 0. The Kier molecular flexibility index (Phi) is 9.25. The van der Waals surface area contributed by atoms with Crippen LogP contribution in [0.25, 0.3) is 0 Å². The predicted octanol–water partition coefficient (Wildman–Crippen LogP) is 0.715. The van der Waals surface area contributed by atoms with Gasteiger partial charge in [-0.05, 0) is 0 Å². The molecule has 0 aromatic carbocycles. The first-order valence-corrected chi connectivity index (χ1v) is 2.01. The van der Waals surface area contributed by atoms with Crippen LogP contribution >= 0.6 is 24.3 Å². The molecule has 6 heavy (non-hydrogen) atoms. The van der Waals surface area contributed by atoms with Gasteiger partial charge in [0.1, 0.15) is 0 Å². The highest BCUT2D eigenvalue weighted by Gasteiger charge is 1.79. The van der Waals surface area contributed by atoms with E-state index in [-0.39, 0.29) is 12.4 Å². The maximum absolute atomic E-state index is 9.12. The molecule has 0 heterocycles. The van der Waals surface area contributed by atoms with Crippen molar-refractivity contribution in [3.63, 3.8) is 0 Å². The molecule has 0 saturated heterocycles. The molecule has 0 aliphatic carbocycles. The summed E-state index contributed by atoms with van der Waals surface area (Å²) >= 11 is 1.98. The molecule has 0 aromatic rings. The molecule has 0 radical (unpaired) electrons. The first kappa shape index (κ1) is 9.82. The number of hydrogen-bond donors (Lipinski definition) is 1. The van der Waals surface area contributed by atoms with Crippen molar-refractivity contribution in [2.24, 2.45) is 0 Å². The van der Waals surface area contributed by atoms with Gasteiger partial charge in [-0.2, -0.15) is 7.94 Å². The summed E-state index contributed by atoms with van der Waals surface area (Å²) in [5.74, 6) is 0. The normalized spacial score (nSPS) is 12.3. The Morgan fingerprint density at radius 1 is 1.83 bits per heavy atom. The first-order valence-electron chi connectivity index (χ1n) is 0.670. The Labute approximate surface area is 48.7 Å². The van der Waals surface area contributed by atoms with Crippen molar-refractivity contribution in [1.29, 1.82) is 0 Å². The summed E-state index contributed by atoms with van der Waals surface area (Å²) in [5.41, 5.74) is 0. The average molecular weight is 153 g/mol. The zero-order chi connectivity index (χ0) is 4.28. The molecule has 0 spiro atoms. The van der Waals surface area contributed by atoms with E-state index in [0.29, 0.717) is 0 Å². The maximum atomic E-state index is 9.12. The van der Waals surface area contributed by atoms with Crippen LogP contribution in [0.15, 0.2) is 0 Å². The van der Waals surface area contributed by atoms with Crippen LogP contribution in [0.5, 0.6) is 0 Å². The van der Waals surface area contributed by atoms with Crippen molar-refractivity contribution in [1.82, 2.24) is 0 Å². The molecule has 1 unspecified atom stereocenters. The second-order valence-electron chi connectivity index (χ2n) is 0.280. The number of hydrogen-bond acceptors (Lipinski definition) is 2. The molecule has 0 aliphatic heterocycles. The highest BCUT2D eigenvalue weighted by Crippen LogP contribution is 1.78. The summed E-state index contributed by atoms with van der Waals surface area (Å²) in [5, 5.41) is 0. The lowest BCUT2D eigenvalue weighted by molar-refractivity contribution is 0.477. The Balaban J connectivity index is 0. The lowest BCUT2D eigenvalue weighted by Crippen LogP contribution is -1.78. The third kappa shape index (κ3) is 8.82. The van der Waals surface area contributed by atoms with Gasteiger partial charge in [0.25, 0.3) is 0 Å². The van der Waals surface area contributed by atoms with Crippen molar-refractivity contribution in [2.75, 3.05) is 0 Å². The summed E-state index contributed by atoms with van der Waals surface area (Å²) in [7, 11) is 0. The van der Waals surface area contributed by atoms with Gasteiger partial charge in [-0.1, -0.05) is 0 Å². The molecule has 6 heteroatoms. The Hall–Kier alpha value is 0.650. The molecule has 3 nitrogen and oxygen atoms in total. The highest BCUT2D eigenvalue weighted by molar-refractivity contribution is 7.74. The van der Waals surface area contributed by atoms with Gasteiger partial charge in [-0.25, -0.2) is 0 Å². The Bertz CT molecular complexity index is 44.1. The van der Waals surface area contributed by atoms with Crippen LogP contribution in [0, 0.1) is 0 Å². The minimum Gasteiger partial charge on any atom is -0.283 e. The third-order valence-corrected chi connectivity index (χ3v) is 0.485. The van der Waals surface area contributed by atoms with E-state index in [1.54, 1.807) is 0 Å². The van der Waals surface area contributed by atoms with Crippen LogP contribution in [0.2, 0.25) is 0 Å². The van der Waals surface area contributed by atoms with E-state index < -0.39 is 11.4 Å². The average Bonchev–Trinajstić information content (AvgIpc) is 1.38. The Morgan fingerprint density at radius 2 is 2.00 bits per heavy atom. The van der Waals surface area contributed by atoms with Gasteiger partial charge in [0.2, 0.25) is 0 Å². The van der Waals surface area contributed by atoms with Gasteiger partial charge >= 0.3 is 11.4 Å². The SMILES string of the molecule is Cl.O=S(O)OCl. The van der Waals surface area contributed by atoms with E-state index in [9.17, 15) is 0 Å². The second-order valence-corrected chi connectivity index (χ2v) is 1.22. The summed E-state index contributed by atoms with van der Waals surface area (Å²) < 4.78 is 19.9. The summed E-state index contributed by atoms with van der Waals surface area (Å²) in [6, 6.07) is 0. The quantitative estimate of drug-likeness (QED) is 0.564. The molecule has 0 saturated carbocycles. The fourth-order valence-corrected chi connectivity index (χ4v) is 0. The zero-order valence-corrected chi connectivity index (χ0v) is 4.85. The summed E-state index contributed by atoms with van der Waals surface area (Å²) in [4.78, 5) is 0. The van der Waals surface area contributed by atoms with Crippen LogP contribution < -0.4 is 0 Å². The number of rotatable bonds is 1. The molecule has 40 valence electrons. The van der Waals surface area contributed by atoms with E-state index >= 15 is 0 Å². The van der Waals surface area contributed by atoms with E-state index in [2.05, 4.69) is 15.6 Å². The van der Waals surface area contributed by atoms with E-state index in [0.717, 1.165) is 0 Å². The van der Waals surface area contributed by atoms with Crippen LogP contribution in [-0.4, -0.2) is 8.76 Å². The van der Waals surface area contributed by atoms with E-state index in [4.69, 9.17) is 8.76 Å². The third-order valence-electron chi connectivity index (χ3n) is 0.0539. The predicted molar refractivity (Wildman–Crippen MR) is 25.0 cm³/mol. The molecule has 1 N–H and O–H groups in total. The molecule has 0 rings (SSSR count). The fourth-order valence-electron chi connectivity index (χ4n) is 0. The molecule has 0 amide bonds. The van der Waals surface area contributed by atoms with E-state index in [1.807, 2.05) is 0 Å². The van der Waals surface area contributed by atoms with Gasteiger partial charge in [-0.3, -0.25) is 4.55 Å². The molecule has 0 bridgehead atoms. The molecule has 0 fully saturated rings. The lowest BCUT2D eigenvalue weighted by Gasteiger charge is -1.71. The molecular formula is H2Cl2O3S. The molecular weight excluding hydrogens is 151 g/mol. The van der Waals surface area contributed by atoms with Gasteiger partial charge in [0, 0.05) is 0 Å². The van der Waals surface area contributed by atoms with Crippen LogP contribution in [-0.2, 0) is 15.1 Å². The monoisotopic (exact) mass is 152 g/mol. The maximum Gasteiger partial charge on any atom is 0.319 e. The van der Waals surface area contributed by atoms with Gasteiger partial charge < -0.3 is 0 Å². The van der Waals surface area contributed by atoms with Crippen LogP contribution in [0.1, 0.15) is 0 Å². The fraction of sp³-hybridized carbons (Fsp3) is 0. The van der Waals surface area contributed by atoms with Crippen LogP contribution in [0.3, 0.4) is 0 Å². The van der Waals surface area contributed by atoms with Crippen LogP contribution in [0.4, 0.5) is 0 Å². The van der Waals surface area contributed by atoms with Crippen molar-refractivity contribution < 1.29 is 12.5 Å². The van der Waals surface area contributed by atoms with Gasteiger partial charge in [-0.15, -0.1) is 12.4 Å². The van der Waals surface area contributed by atoms with Gasteiger partial charge in [0.15, 0.2) is 0 Å². The van der Waals surface area contributed by atoms with Crippen molar-refractivity contribution >= 4 is 35.6 Å². The standard InChI is InChI=1S/ClHO3S.ClH/c1-4-5(2)3;/h(H,2,3);1H. The second kappa shape index (κ2) is 5.65. The van der Waals surface area contributed by atoms with Gasteiger partial charge in [0.05, 0.1) is 11.9 Å². The van der Waals surface area contributed by atoms with Crippen molar-refractivity contribution in [2.45, 2.75) is 0 Å². The lowest BCUT2D eigenvalue weighted by atomic mass is 15.8. The largest absolute Gasteiger partial charge is 0.319 e. The van der Waals surface area contributed by atoms with E-state index in [1.165, 1.54) is 0 Å². The molecule has 1 atom stereocenters. The molecule has 0 aromatic heterocycles. The minimum absolute atomic E-state index is 0. The van der Waals surface area contributed by atoms with Crippen molar-refractivity contribution in [3.05, 3.63) is 0 Å². The Morgan fingerprint density at radius 3 is 2.00 bits per heavy atom. The smallest absolute Gasteiger partial charge is 0.283 e. The molecule has 0 aliphatic rings. The highest BCUT2D eigenvalue weighted by atomic mass is 35.5. The zero-order valence-electron chi connectivity index (χ0n) is 2.46. The van der Waals surface area contributed by atoms with Crippen molar-refractivity contribution in [3.8, 4) is 0 Å². The summed E-state index contributed by atoms with van der Waals surface area (Å²) in [6.07, 6.45) is 0. The topological polar surface area (TPSA) is 46.5 Å².